The normalized spacial score (nSPS) is 11.6. The molecule has 0 aromatic heterocycles. The number of benzene rings is 1. The topological polar surface area (TPSA) is 81.7 Å². The van der Waals surface area contributed by atoms with Crippen molar-refractivity contribution < 1.29 is 14.7 Å². The molecule has 0 saturated heterocycles. The minimum absolute atomic E-state index is 0.0474. The van der Waals surface area contributed by atoms with E-state index in [0.717, 1.165) is 5.69 Å². The Morgan fingerprint density at radius 3 is 2.26 bits per heavy atom. The zero-order valence-electron chi connectivity index (χ0n) is 11.3. The molecule has 19 heavy (non-hydrogen) atoms. The Hall–Kier alpha value is -2.08. The number of carbonyl (C=O) groups is 2. The van der Waals surface area contributed by atoms with Crippen LogP contribution in [0.1, 0.15) is 6.92 Å². The number of aliphatic hydroxyl groups excluding tert-OH is 1. The van der Waals surface area contributed by atoms with Gasteiger partial charge in [-0.1, -0.05) is 0 Å². The number of aliphatic hydroxyl groups is 1. The maximum absolute atomic E-state index is 11.5. The van der Waals surface area contributed by atoms with Crippen LogP contribution in [-0.2, 0) is 9.59 Å². The number of hydrogen-bond acceptors (Lipinski definition) is 4. The van der Waals surface area contributed by atoms with Crippen molar-refractivity contribution in [1.29, 1.82) is 0 Å². The van der Waals surface area contributed by atoms with E-state index in [1.807, 2.05) is 31.1 Å². The first-order valence-electron chi connectivity index (χ1n) is 5.95. The Morgan fingerprint density at radius 2 is 1.79 bits per heavy atom. The fourth-order valence-corrected chi connectivity index (χ4v) is 1.35. The number of nitrogens with one attached hydrogen (secondary N) is 2. The van der Waals surface area contributed by atoms with Crippen molar-refractivity contribution in [1.82, 2.24) is 5.32 Å². The number of anilines is 2. The van der Waals surface area contributed by atoms with Crippen LogP contribution in [0, 0.1) is 0 Å². The third-order valence-corrected chi connectivity index (χ3v) is 2.41. The average Bonchev–Trinajstić information content (AvgIpc) is 2.36. The minimum atomic E-state index is -0.766. The molecular formula is C13H19N3O3. The summed E-state index contributed by atoms with van der Waals surface area (Å²) in [6.07, 6.45) is -0.684. The lowest BCUT2D eigenvalue weighted by Gasteiger charge is -2.13. The largest absolute Gasteiger partial charge is 0.392 e. The van der Waals surface area contributed by atoms with Gasteiger partial charge in [-0.05, 0) is 31.2 Å². The van der Waals surface area contributed by atoms with Crippen molar-refractivity contribution in [3.05, 3.63) is 24.3 Å². The first-order chi connectivity index (χ1) is 8.90. The van der Waals surface area contributed by atoms with Crippen LogP contribution >= 0.6 is 0 Å². The molecule has 0 heterocycles. The van der Waals surface area contributed by atoms with Gasteiger partial charge in [-0.3, -0.25) is 9.59 Å². The van der Waals surface area contributed by atoms with Crippen molar-refractivity contribution in [2.45, 2.75) is 13.0 Å². The van der Waals surface area contributed by atoms with Crippen molar-refractivity contribution in [2.75, 3.05) is 30.9 Å². The first-order valence-corrected chi connectivity index (χ1v) is 5.95. The number of amides is 2. The van der Waals surface area contributed by atoms with Crippen molar-refractivity contribution in [3.8, 4) is 0 Å². The van der Waals surface area contributed by atoms with Crippen LogP contribution in [0.15, 0.2) is 24.3 Å². The third kappa shape index (κ3) is 4.97. The second-order valence-corrected chi connectivity index (χ2v) is 4.45. The summed E-state index contributed by atoms with van der Waals surface area (Å²) in [5, 5.41) is 13.8. The summed E-state index contributed by atoms with van der Waals surface area (Å²) in [6, 6.07) is 7.11. The molecule has 0 bridgehead atoms. The molecule has 0 radical (unpaired) electrons. The second-order valence-electron chi connectivity index (χ2n) is 4.45. The molecule has 104 valence electrons. The van der Waals surface area contributed by atoms with Gasteiger partial charge in [0.2, 0.25) is 0 Å². The first kappa shape index (κ1) is 15.0. The van der Waals surface area contributed by atoms with Crippen molar-refractivity contribution in [3.63, 3.8) is 0 Å². The molecule has 3 N–H and O–H groups in total. The highest BCUT2D eigenvalue weighted by Crippen LogP contribution is 2.15. The quantitative estimate of drug-likeness (QED) is 0.679. The van der Waals surface area contributed by atoms with E-state index in [-0.39, 0.29) is 6.54 Å². The summed E-state index contributed by atoms with van der Waals surface area (Å²) in [5.74, 6) is -1.52. The molecule has 0 spiro atoms. The maximum atomic E-state index is 11.5. The molecule has 1 atom stereocenters. The van der Waals surface area contributed by atoms with Crippen LogP contribution in [0.5, 0.6) is 0 Å². The summed E-state index contributed by atoms with van der Waals surface area (Å²) in [5.41, 5.74) is 1.54. The monoisotopic (exact) mass is 265 g/mol. The summed E-state index contributed by atoms with van der Waals surface area (Å²) in [4.78, 5) is 24.8. The van der Waals surface area contributed by atoms with Gasteiger partial charge >= 0.3 is 11.8 Å². The molecule has 0 fully saturated rings. The van der Waals surface area contributed by atoms with Gasteiger partial charge in [0.25, 0.3) is 0 Å². The molecule has 1 rings (SSSR count). The van der Waals surface area contributed by atoms with Crippen LogP contribution in [0.3, 0.4) is 0 Å². The molecule has 1 aromatic rings. The molecular weight excluding hydrogens is 246 g/mol. The van der Waals surface area contributed by atoms with Gasteiger partial charge in [0.05, 0.1) is 6.10 Å². The molecule has 0 unspecified atom stereocenters. The van der Waals surface area contributed by atoms with Crippen LogP contribution in [-0.4, -0.2) is 43.7 Å². The van der Waals surface area contributed by atoms with Gasteiger partial charge in [-0.25, -0.2) is 0 Å². The predicted molar refractivity (Wildman–Crippen MR) is 74.1 cm³/mol. The zero-order valence-corrected chi connectivity index (χ0v) is 11.3. The summed E-state index contributed by atoms with van der Waals surface area (Å²) in [7, 11) is 3.83. The van der Waals surface area contributed by atoms with Gasteiger partial charge in [0, 0.05) is 32.0 Å². The lowest BCUT2D eigenvalue weighted by molar-refractivity contribution is -0.136. The molecule has 6 heteroatoms. The Morgan fingerprint density at radius 1 is 1.21 bits per heavy atom. The SMILES string of the molecule is C[C@H](O)CNC(=O)C(=O)Nc1ccc(N(C)C)cc1. The highest BCUT2D eigenvalue weighted by molar-refractivity contribution is 6.39. The Kier molecular flexibility index (Phi) is 5.32. The average molecular weight is 265 g/mol. The fourth-order valence-electron chi connectivity index (χ4n) is 1.35. The predicted octanol–water partition coefficient (Wildman–Crippen LogP) is 0.188. The highest BCUT2D eigenvalue weighted by Gasteiger charge is 2.13. The Balaban J connectivity index is 2.54. The van der Waals surface area contributed by atoms with Crippen LogP contribution in [0.4, 0.5) is 11.4 Å². The van der Waals surface area contributed by atoms with Crippen LogP contribution < -0.4 is 15.5 Å². The molecule has 0 aliphatic rings. The van der Waals surface area contributed by atoms with Crippen LogP contribution in [0.2, 0.25) is 0 Å². The second kappa shape index (κ2) is 6.75. The Labute approximate surface area is 112 Å². The molecule has 2 amide bonds. The van der Waals surface area contributed by atoms with Gasteiger partial charge < -0.3 is 20.6 Å². The number of rotatable bonds is 4. The van der Waals surface area contributed by atoms with E-state index in [9.17, 15) is 9.59 Å². The smallest absolute Gasteiger partial charge is 0.313 e. The van der Waals surface area contributed by atoms with Gasteiger partial charge in [-0.15, -0.1) is 0 Å². The summed E-state index contributed by atoms with van der Waals surface area (Å²) in [6.45, 7) is 1.57. The zero-order chi connectivity index (χ0) is 14.4. The fraction of sp³-hybridized carbons (Fsp3) is 0.385. The lowest BCUT2D eigenvalue weighted by atomic mass is 10.2. The minimum Gasteiger partial charge on any atom is -0.392 e. The van der Waals surface area contributed by atoms with E-state index in [2.05, 4.69) is 10.6 Å². The number of carbonyl (C=O) groups excluding carboxylic acids is 2. The van der Waals surface area contributed by atoms with Gasteiger partial charge in [-0.2, -0.15) is 0 Å². The van der Waals surface area contributed by atoms with E-state index in [1.54, 1.807) is 12.1 Å². The Bertz CT molecular complexity index is 441. The highest BCUT2D eigenvalue weighted by atomic mass is 16.3. The van der Waals surface area contributed by atoms with Gasteiger partial charge in [0.1, 0.15) is 0 Å². The molecule has 0 aliphatic carbocycles. The van der Waals surface area contributed by atoms with Crippen LogP contribution in [0.25, 0.3) is 0 Å². The lowest BCUT2D eigenvalue weighted by Crippen LogP contribution is -2.38. The van der Waals surface area contributed by atoms with E-state index in [1.165, 1.54) is 6.92 Å². The van der Waals surface area contributed by atoms with Gasteiger partial charge in [0.15, 0.2) is 0 Å². The molecule has 1 aromatic carbocycles. The third-order valence-electron chi connectivity index (χ3n) is 2.41. The van der Waals surface area contributed by atoms with E-state index in [0.29, 0.717) is 5.69 Å². The number of nitrogens with zero attached hydrogens (tertiary/aromatic N) is 1. The van der Waals surface area contributed by atoms with Crippen molar-refractivity contribution in [2.24, 2.45) is 0 Å². The van der Waals surface area contributed by atoms with E-state index >= 15 is 0 Å². The summed E-state index contributed by atoms with van der Waals surface area (Å²) < 4.78 is 0. The molecule has 0 saturated carbocycles. The number of hydrogen-bond donors (Lipinski definition) is 3. The molecule has 0 aliphatic heterocycles. The standard InChI is InChI=1S/C13H19N3O3/c1-9(17)8-14-12(18)13(19)15-10-4-6-11(7-5-10)16(2)3/h4-7,9,17H,8H2,1-3H3,(H,14,18)(H,15,19)/t9-/m0/s1. The summed E-state index contributed by atoms with van der Waals surface area (Å²) >= 11 is 0. The molecule has 6 nitrogen and oxygen atoms in total. The maximum Gasteiger partial charge on any atom is 0.313 e. The van der Waals surface area contributed by atoms with E-state index < -0.39 is 17.9 Å². The van der Waals surface area contributed by atoms with E-state index in [4.69, 9.17) is 5.11 Å². The van der Waals surface area contributed by atoms with Crippen molar-refractivity contribution >= 4 is 23.2 Å².